The molecule has 2 aromatic carbocycles. The van der Waals surface area contributed by atoms with Crippen molar-refractivity contribution in [3.05, 3.63) is 54.1 Å². The molecule has 1 amide bonds. The van der Waals surface area contributed by atoms with Crippen LogP contribution >= 0.6 is 0 Å². The van der Waals surface area contributed by atoms with Crippen molar-refractivity contribution in [1.82, 2.24) is 0 Å². The third kappa shape index (κ3) is 3.77. The van der Waals surface area contributed by atoms with E-state index in [4.69, 9.17) is 0 Å². The summed E-state index contributed by atoms with van der Waals surface area (Å²) in [7, 11) is -3.87. The highest BCUT2D eigenvalue weighted by Crippen LogP contribution is 2.35. The van der Waals surface area contributed by atoms with Crippen LogP contribution in [-0.2, 0) is 21.2 Å². The molecular formula is C21H26N2O4S. The fourth-order valence-electron chi connectivity index (χ4n) is 3.63. The van der Waals surface area contributed by atoms with Gasteiger partial charge in [0.15, 0.2) is 0 Å². The molecule has 0 bridgehead atoms. The first-order valence-corrected chi connectivity index (χ1v) is 10.9. The van der Waals surface area contributed by atoms with Gasteiger partial charge in [-0.05, 0) is 55.7 Å². The van der Waals surface area contributed by atoms with Gasteiger partial charge in [0.2, 0.25) is 5.91 Å². The zero-order valence-corrected chi connectivity index (χ0v) is 17.2. The number of amides is 1. The van der Waals surface area contributed by atoms with E-state index in [0.29, 0.717) is 18.5 Å². The van der Waals surface area contributed by atoms with Crippen molar-refractivity contribution in [2.75, 3.05) is 15.7 Å². The monoisotopic (exact) mass is 402 g/mol. The average Bonchev–Trinajstić information content (AvgIpc) is 3.01. The third-order valence-electron chi connectivity index (χ3n) is 5.09. The number of benzene rings is 2. The van der Waals surface area contributed by atoms with Gasteiger partial charge in [-0.2, -0.15) is 0 Å². The van der Waals surface area contributed by atoms with Gasteiger partial charge in [0.25, 0.3) is 10.0 Å². The predicted molar refractivity (Wildman–Crippen MR) is 110 cm³/mol. The summed E-state index contributed by atoms with van der Waals surface area (Å²) in [5.74, 6) is -0.0566. The van der Waals surface area contributed by atoms with Gasteiger partial charge in [0.1, 0.15) is 0 Å². The molecule has 2 atom stereocenters. The Balaban J connectivity index is 2.03. The first-order valence-electron chi connectivity index (χ1n) is 9.44. The fourth-order valence-corrected chi connectivity index (χ4v) is 5.19. The van der Waals surface area contributed by atoms with Crippen LogP contribution in [0.4, 0.5) is 11.4 Å². The lowest BCUT2D eigenvalue weighted by Gasteiger charge is -2.27. The number of fused-ring (bicyclic) bond motifs is 1. The minimum absolute atomic E-state index is 0.00223. The van der Waals surface area contributed by atoms with Crippen LogP contribution in [0, 0.1) is 0 Å². The first-order chi connectivity index (χ1) is 13.3. The number of para-hydroxylation sites is 1. The Morgan fingerprint density at radius 2 is 1.93 bits per heavy atom. The lowest BCUT2D eigenvalue weighted by molar-refractivity contribution is -0.116. The number of hydrogen-bond acceptors (Lipinski definition) is 4. The zero-order valence-electron chi connectivity index (χ0n) is 16.4. The van der Waals surface area contributed by atoms with Crippen LogP contribution in [0.3, 0.4) is 0 Å². The Hall–Kier alpha value is -2.38. The van der Waals surface area contributed by atoms with Crippen molar-refractivity contribution in [2.45, 2.75) is 50.7 Å². The molecule has 0 saturated heterocycles. The van der Waals surface area contributed by atoms with Crippen LogP contribution in [0.5, 0.6) is 0 Å². The quantitative estimate of drug-likeness (QED) is 0.806. The first kappa shape index (κ1) is 20.4. The van der Waals surface area contributed by atoms with E-state index in [1.54, 1.807) is 41.3 Å². The van der Waals surface area contributed by atoms with Crippen LogP contribution in [-0.4, -0.2) is 38.1 Å². The molecule has 1 aliphatic heterocycles. The summed E-state index contributed by atoms with van der Waals surface area (Å²) in [5.41, 5.74) is 2.11. The van der Waals surface area contributed by atoms with Crippen LogP contribution in [0.15, 0.2) is 53.4 Å². The van der Waals surface area contributed by atoms with Crippen LogP contribution in [0.1, 0.15) is 32.8 Å². The van der Waals surface area contributed by atoms with Crippen molar-refractivity contribution in [2.24, 2.45) is 0 Å². The number of carbonyl (C=O) groups is 1. The second-order valence-electron chi connectivity index (χ2n) is 7.17. The SMILES string of the molecule is CCC(O)CN(c1ccccc1)S(=O)(=O)c1ccc2c(c1)CC(C)N2C(C)=O. The summed E-state index contributed by atoms with van der Waals surface area (Å²) < 4.78 is 28.1. The molecule has 28 heavy (non-hydrogen) atoms. The summed E-state index contributed by atoms with van der Waals surface area (Å²) in [4.78, 5) is 13.8. The molecule has 0 radical (unpaired) electrons. The van der Waals surface area contributed by atoms with E-state index in [2.05, 4.69) is 0 Å². The fraction of sp³-hybridized carbons (Fsp3) is 0.381. The molecule has 0 fully saturated rings. The topological polar surface area (TPSA) is 77.9 Å². The van der Waals surface area contributed by atoms with Gasteiger partial charge in [-0.25, -0.2) is 8.42 Å². The standard InChI is InChI=1S/C21H26N2O4S/c1-4-19(25)14-22(18-8-6-5-7-9-18)28(26,27)20-10-11-21-17(13-20)12-15(2)23(21)16(3)24/h5-11,13,15,19,25H,4,12,14H2,1-3H3. The highest BCUT2D eigenvalue weighted by atomic mass is 32.2. The number of carbonyl (C=O) groups excluding carboxylic acids is 1. The second kappa shape index (κ2) is 7.93. The maximum Gasteiger partial charge on any atom is 0.264 e. The van der Waals surface area contributed by atoms with E-state index in [1.807, 2.05) is 19.9 Å². The molecule has 3 rings (SSSR count). The van der Waals surface area contributed by atoms with Gasteiger partial charge in [-0.1, -0.05) is 25.1 Å². The van der Waals surface area contributed by atoms with Gasteiger partial charge in [-0.15, -0.1) is 0 Å². The van der Waals surface area contributed by atoms with E-state index in [-0.39, 0.29) is 23.4 Å². The average molecular weight is 403 g/mol. The van der Waals surface area contributed by atoms with Gasteiger partial charge < -0.3 is 10.0 Å². The largest absolute Gasteiger partial charge is 0.391 e. The Labute approximate surface area is 166 Å². The summed E-state index contributed by atoms with van der Waals surface area (Å²) in [6.45, 7) is 5.26. The van der Waals surface area contributed by atoms with Crippen molar-refractivity contribution in [3.63, 3.8) is 0 Å². The Bertz CT molecular complexity index is 960. The van der Waals surface area contributed by atoms with Crippen LogP contribution < -0.4 is 9.21 Å². The highest BCUT2D eigenvalue weighted by Gasteiger charge is 2.32. The predicted octanol–water partition coefficient (Wildman–Crippen LogP) is 2.95. The number of rotatable bonds is 6. The smallest absolute Gasteiger partial charge is 0.264 e. The molecule has 150 valence electrons. The van der Waals surface area contributed by atoms with Gasteiger partial charge in [-0.3, -0.25) is 9.10 Å². The number of anilines is 2. The second-order valence-corrected chi connectivity index (χ2v) is 9.03. The zero-order chi connectivity index (χ0) is 20.5. The van der Waals surface area contributed by atoms with Crippen molar-refractivity contribution in [1.29, 1.82) is 0 Å². The molecule has 0 aromatic heterocycles. The molecule has 2 unspecified atom stereocenters. The maximum absolute atomic E-state index is 13.4. The van der Waals surface area contributed by atoms with Crippen LogP contribution in [0.25, 0.3) is 0 Å². The molecule has 1 aliphatic rings. The van der Waals surface area contributed by atoms with Crippen molar-refractivity contribution < 1.29 is 18.3 Å². The number of aliphatic hydroxyl groups is 1. The lowest BCUT2D eigenvalue weighted by atomic mass is 10.1. The summed E-state index contributed by atoms with van der Waals surface area (Å²) in [6, 6.07) is 13.7. The lowest BCUT2D eigenvalue weighted by Crippen LogP contribution is -2.37. The summed E-state index contributed by atoms with van der Waals surface area (Å²) in [6.07, 6.45) is 0.299. The van der Waals surface area contributed by atoms with E-state index in [1.165, 1.54) is 17.3 Å². The minimum atomic E-state index is -3.87. The molecular weight excluding hydrogens is 376 g/mol. The molecule has 2 aromatic rings. The Morgan fingerprint density at radius 3 is 2.54 bits per heavy atom. The maximum atomic E-state index is 13.4. The van der Waals surface area contributed by atoms with Crippen molar-refractivity contribution >= 4 is 27.3 Å². The number of hydrogen-bond donors (Lipinski definition) is 1. The molecule has 0 spiro atoms. The van der Waals surface area contributed by atoms with Crippen molar-refractivity contribution in [3.8, 4) is 0 Å². The van der Waals surface area contributed by atoms with E-state index < -0.39 is 16.1 Å². The van der Waals surface area contributed by atoms with Gasteiger partial charge >= 0.3 is 0 Å². The molecule has 1 heterocycles. The van der Waals surface area contributed by atoms with Gasteiger partial charge in [0.05, 0.1) is 23.2 Å². The summed E-state index contributed by atoms with van der Waals surface area (Å²) in [5, 5.41) is 10.1. The Morgan fingerprint density at radius 1 is 1.25 bits per heavy atom. The number of aliphatic hydroxyl groups excluding tert-OH is 1. The minimum Gasteiger partial charge on any atom is -0.391 e. The molecule has 6 nitrogen and oxygen atoms in total. The number of sulfonamides is 1. The molecule has 0 aliphatic carbocycles. The van der Waals surface area contributed by atoms with E-state index in [0.717, 1.165) is 11.3 Å². The molecule has 1 N–H and O–H groups in total. The molecule has 0 saturated carbocycles. The molecule has 7 heteroatoms. The van der Waals surface area contributed by atoms with E-state index >= 15 is 0 Å². The van der Waals surface area contributed by atoms with E-state index in [9.17, 15) is 18.3 Å². The third-order valence-corrected chi connectivity index (χ3v) is 6.88. The van der Waals surface area contributed by atoms with Crippen LogP contribution in [0.2, 0.25) is 0 Å². The number of nitrogens with zero attached hydrogens (tertiary/aromatic N) is 2. The normalized spacial score (nSPS) is 17.3. The highest BCUT2D eigenvalue weighted by molar-refractivity contribution is 7.92. The van der Waals surface area contributed by atoms with Gasteiger partial charge in [0, 0.05) is 18.7 Å². The Kier molecular flexibility index (Phi) is 5.76. The summed E-state index contributed by atoms with van der Waals surface area (Å²) >= 11 is 0.